The van der Waals surface area contributed by atoms with Crippen molar-refractivity contribution >= 4 is 40.1 Å². The standard InChI is InChI=1S/C17H17ClN6O2/c18-13-3-1-2-12-15(13)22-23-16(12)24-8-10(6-14(24)25)17(26)20-5-4-11-7-19-9-21-11/h1-3,7,9-10H,4-6,8H2,(H,19,21)(H,20,26)(H,22,23). The first-order valence-electron chi connectivity index (χ1n) is 8.31. The van der Waals surface area contributed by atoms with Gasteiger partial charge in [-0.2, -0.15) is 5.10 Å². The van der Waals surface area contributed by atoms with E-state index in [0.717, 1.165) is 11.1 Å². The quantitative estimate of drug-likeness (QED) is 0.633. The van der Waals surface area contributed by atoms with Gasteiger partial charge in [0.15, 0.2) is 5.82 Å². The Morgan fingerprint density at radius 3 is 3.12 bits per heavy atom. The molecule has 26 heavy (non-hydrogen) atoms. The summed E-state index contributed by atoms with van der Waals surface area (Å²) in [6.07, 6.45) is 4.16. The van der Waals surface area contributed by atoms with Crippen LogP contribution in [0.4, 0.5) is 5.82 Å². The largest absolute Gasteiger partial charge is 0.355 e. The van der Waals surface area contributed by atoms with Crippen LogP contribution in [0.3, 0.4) is 0 Å². The number of amides is 2. The Balaban J connectivity index is 1.43. The van der Waals surface area contributed by atoms with Crippen LogP contribution in [0.25, 0.3) is 10.9 Å². The normalized spacial score (nSPS) is 17.2. The average molecular weight is 373 g/mol. The van der Waals surface area contributed by atoms with E-state index in [0.29, 0.717) is 35.9 Å². The van der Waals surface area contributed by atoms with E-state index in [1.807, 2.05) is 12.1 Å². The number of H-pyrrole nitrogens is 2. The number of halogens is 1. The van der Waals surface area contributed by atoms with Gasteiger partial charge in [0.05, 0.1) is 22.8 Å². The summed E-state index contributed by atoms with van der Waals surface area (Å²) in [6.45, 7) is 0.799. The molecule has 134 valence electrons. The first kappa shape index (κ1) is 16.6. The zero-order valence-electron chi connectivity index (χ0n) is 13.8. The highest BCUT2D eigenvalue weighted by Gasteiger charge is 2.36. The zero-order chi connectivity index (χ0) is 18.1. The number of fused-ring (bicyclic) bond motifs is 1. The third-order valence-electron chi connectivity index (χ3n) is 4.53. The summed E-state index contributed by atoms with van der Waals surface area (Å²) in [6, 6.07) is 5.42. The van der Waals surface area contributed by atoms with Gasteiger partial charge >= 0.3 is 0 Å². The number of aromatic amines is 2. The highest BCUT2D eigenvalue weighted by atomic mass is 35.5. The summed E-state index contributed by atoms with van der Waals surface area (Å²) < 4.78 is 0. The second-order valence-electron chi connectivity index (χ2n) is 6.23. The van der Waals surface area contributed by atoms with E-state index in [4.69, 9.17) is 11.6 Å². The van der Waals surface area contributed by atoms with E-state index >= 15 is 0 Å². The maximum atomic E-state index is 12.4. The third kappa shape index (κ3) is 3.03. The fourth-order valence-electron chi connectivity index (χ4n) is 3.17. The number of carbonyl (C=O) groups excluding carboxylic acids is 2. The number of rotatable bonds is 5. The van der Waals surface area contributed by atoms with E-state index in [-0.39, 0.29) is 18.2 Å². The van der Waals surface area contributed by atoms with Crippen molar-refractivity contribution in [2.24, 2.45) is 5.92 Å². The molecule has 0 bridgehead atoms. The van der Waals surface area contributed by atoms with Crippen LogP contribution in [0.1, 0.15) is 12.1 Å². The summed E-state index contributed by atoms with van der Waals surface area (Å²) in [5, 5.41) is 11.3. The van der Waals surface area contributed by atoms with Gasteiger partial charge in [-0.05, 0) is 12.1 Å². The molecule has 3 N–H and O–H groups in total. The van der Waals surface area contributed by atoms with Gasteiger partial charge in [0.25, 0.3) is 0 Å². The smallest absolute Gasteiger partial charge is 0.229 e. The minimum Gasteiger partial charge on any atom is -0.355 e. The molecule has 1 aliphatic rings. The lowest BCUT2D eigenvalue weighted by Crippen LogP contribution is -2.34. The molecule has 8 nitrogen and oxygen atoms in total. The molecule has 0 spiro atoms. The van der Waals surface area contributed by atoms with Crippen molar-refractivity contribution in [2.45, 2.75) is 12.8 Å². The minimum absolute atomic E-state index is 0.118. The summed E-state index contributed by atoms with van der Waals surface area (Å²) >= 11 is 6.15. The van der Waals surface area contributed by atoms with E-state index in [2.05, 4.69) is 25.5 Å². The molecule has 1 saturated heterocycles. The number of para-hydroxylation sites is 1. The molecule has 1 fully saturated rings. The molecule has 1 aromatic carbocycles. The number of anilines is 1. The number of nitrogens with zero attached hydrogens (tertiary/aromatic N) is 3. The van der Waals surface area contributed by atoms with Crippen molar-refractivity contribution in [3.8, 4) is 0 Å². The molecule has 2 aromatic heterocycles. The molecule has 3 heterocycles. The molecule has 4 rings (SSSR count). The summed E-state index contributed by atoms with van der Waals surface area (Å²) in [5.74, 6) is -0.124. The first-order chi connectivity index (χ1) is 12.6. The monoisotopic (exact) mass is 372 g/mol. The van der Waals surface area contributed by atoms with Crippen LogP contribution < -0.4 is 10.2 Å². The van der Waals surface area contributed by atoms with Gasteiger partial charge in [-0.1, -0.05) is 17.7 Å². The molecule has 3 aromatic rings. The third-order valence-corrected chi connectivity index (χ3v) is 4.84. The van der Waals surface area contributed by atoms with Crippen LogP contribution in [0.15, 0.2) is 30.7 Å². The van der Waals surface area contributed by atoms with Crippen LogP contribution in [0, 0.1) is 5.92 Å². The molecule has 1 atom stereocenters. The Bertz CT molecular complexity index is 951. The van der Waals surface area contributed by atoms with Crippen LogP contribution in [-0.2, 0) is 16.0 Å². The van der Waals surface area contributed by atoms with E-state index in [9.17, 15) is 9.59 Å². The van der Waals surface area contributed by atoms with Crippen molar-refractivity contribution in [3.63, 3.8) is 0 Å². The van der Waals surface area contributed by atoms with E-state index in [1.165, 1.54) is 0 Å². The van der Waals surface area contributed by atoms with Crippen LogP contribution in [-0.4, -0.2) is 45.1 Å². The number of hydrogen-bond donors (Lipinski definition) is 3. The molecule has 0 saturated carbocycles. The number of carbonyl (C=O) groups is 2. The highest BCUT2D eigenvalue weighted by molar-refractivity contribution is 6.35. The lowest BCUT2D eigenvalue weighted by molar-refractivity contribution is -0.126. The van der Waals surface area contributed by atoms with E-state index in [1.54, 1.807) is 23.5 Å². The molecule has 2 amide bonds. The molecule has 0 aliphatic carbocycles. The number of benzene rings is 1. The van der Waals surface area contributed by atoms with Gasteiger partial charge in [0.1, 0.15) is 0 Å². The van der Waals surface area contributed by atoms with Gasteiger partial charge in [-0.25, -0.2) is 4.98 Å². The van der Waals surface area contributed by atoms with E-state index < -0.39 is 5.92 Å². The van der Waals surface area contributed by atoms with Gasteiger partial charge in [-0.15, -0.1) is 0 Å². The topological polar surface area (TPSA) is 107 Å². The van der Waals surface area contributed by atoms with Gasteiger partial charge in [0.2, 0.25) is 11.8 Å². The predicted molar refractivity (Wildman–Crippen MR) is 96.9 cm³/mol. The molecular formula is C17H17ClN6O2. The summed E-state index contributed by atoms with van der Waals surface area (Å²) in [4.78, 5) is 33.3. The summed E-state index contributed by atoms with van der Waals surface area (Å²) in [7, 11) is 0. The van der Waals surface area contributed by atoms with Crippen LogP contribution in [0.2, 0.25) is 5.02 Å². The number of nitrogens with one attached hydrogen (secondary N) is 3. The molecule has 0 radical (unpaired) electrons. The lowest BCUT2D eigenvalue weighted by Gasteiger charge is -2.14. The van der Waals surface area contributed by atoms with Gasteiger partial charge < -0.3 is 10.3 Å². The SMILES string of the molecule is O=C(NCCc1cnc[nH]1)C1CC(=O)N(c2n[nH]c3c(Cl)cccc23)C1. The Morgan fingerprint density at radius 2 is 2.31 bits per heavy atom. The van der Waals surface area contributed by atoms with Crippen LogP contribution >= 0.6 is 11.6 Å². The predicted octanol–water partition coefficient (Wildman–Crippen LogP) is 1.65. The zero-order valence-corrected chi connectivity index (χ0v) is 14.6. The Labute approximate surface area is 153 Å². The van der Waals surface area contributed by atoms with Crippen molar-refractivity contribution in [3.05, 3.63) is 41.4 Å². The fourth-order valence-corrected chi connectivity index (χ4v) is 3.39. The lowest BCUT2D eigenvalue weighted by atomic mass is 10.1. The second kappa shape index (κ2) is 6.80. The molecule has 1 unspecified atom stereocenters. The van der Waals surface area contributed by atoms with Gasteiger partial charge in [0, 0.05) is 43.2 Å². The van der Waals surface area contributed by atoms with Crippen molar-refractivity contribution < 1.29 is 9.59 Å². The summed E-state index contributed by atoms with van der Waals surface area (Å²) in [5.41, 5.74) is 1.64. The van der Waals surface area contributed by atoms with Crippen molar-refractivity contribution in [1.29, 1.82) is 0 Å². The second-order valence-corrected chi connectivity index (χ2v) is 6.64. The van der Waals surface area contributed by atoms with Crippen LogP contribution in [0.5, 0.6) is 0 Å². The number of aromatic nitrogens is 4. The molecular weight excluding hydrogens is 356 g/mol. The number of hydrogen-bond acceptors (Lipinski definition) is 4. The van der Waals surface area contributed by atoms with Crippen molar-refractivity contribution in [1.82, 2.24) is 25.5 Å². The maximum Gasteiger partial charge on any atom is 0.229 e. The Kier molecular flexibility index (Phi) is 4.34. The van der Waals surface area contributed by atoms with Gasteiger partial charge in [-0.3, -0.25) is 19.6 Å². The maximum absolute atomic E-state index is 12.4. The minimum atomic E-state index is -0.393. The molecule has 9 heteroatoms. The first-order valence-corrected chi connectivity index (χ1v) is 8.69. The fraction of sp³-hybridized carbons (Fsp3) is 0.294. The molecule has 1 aliphatic heterocycles. The Morgan fingerprint density at radius 1 is 1.42 bits per heavy atom. The Hall–Kier alpha value is -2.87. The van der Waals surface area contributed by atoms with Crippen molar-refractivity contribution in [2.75, 3.05) is 18.0 Å². The highest BCUT2D eigenvalue weighted by Crippen LogP contribution is 2.32. The average Bonchev–Trinajstić information content (AvgIpc) is 3.34. The number of imidazole rings is 1.